The van der Waals surface area contributed by atoms with Crippen molar-refractivity contribution in [3.8, 4) is 5.75 Å². The molecule has 0 bridgehead atoms. The zero-order valence-corrected chi connectivity index (χ0v) is 13.6. The van der Waals surface area contributed by atoms with Gasteiger partial charge in [0.1, 0.15) is 11.8 Å². The van der Waals surface area contributed by atoms with Gasteiger partial charge in [-0.3, -0.25) is 9.59 Å². The number of fused-ring (bicyclic) bond motifs is 1. The number of nitrogens with two attached hydrogens (primary N) is 1. The summed E-state index contributed by atoms with van der Waals surface area (Å²) in [5.74, 6) is 0.320. The Morgan fingerprint density at radius 2 is 2.12 bits per heavy atom. The molecule has 2 aromatic carbocycles. The van der Waals surface area contributed by atoms with Crippen molar-refractivity contribution in [1.29, 1.82) is 0 Å². The van der Waals surface area contributed by atoms with Crippen molar-refractivity contribution in [2.24, 2.45) is 5.73 Å². The molecule has 1 heterocycles. The van der Waals surface area contributed by atoms with Gasteiger partial charge in [0.2, 0.25) is 11.8 Å². The third-order valence-electron chi connectivity index (χ3n) is 4.36. The Bertz CT molecular complexity index is 775. The van der Waals surface area contributed by atoms with Crippen LogP contribution in [0, 0.1) is 0 Å². The lowest BCUT2D eigenvalue weighted by atomic mass is 10.1. The van der Waals surface area contributed by atoms with Crippen LogP contribution >= 0.6 is 0 Å². The van der Waals surface area contributed by atoms with Gasteiger partial charge in [-0.25, -0.2) is 0 Å². The second-order valence-corrected chi connectivity index (χ2v) is 5.84. The van der Waals surface area contributed by atoms with E-state index in [1.807, 2.05) is 30.3 Å². The highest BCUT2D eigenvalue weighted by Crippen LogP contribution is 2.30. The summed E-state index contributed by atoms with van der Waals surface area (Å²) in [5.41, 5.74) is 6.08. The van der Waals surface area contributed by atoms with E-state index in [1.54, 1.807) is 18.1 Å². The number of benzene rings is 2. The van der Waals surface area contributed by atoms with Crippen LogP contribution in [0.5, 0.6) is 5.75 Å². The Balaban J connectivity index is 1.84. The number of hydrogen-bond donors (Lipinski definition) is 2. The van der Waals surface area contributed by atoms with Crippen LogP contribution in [0.4, 0.5) is 5.69 Å². The molecule has 0 radical (unpaired) electrons. The monoisotopic (exact) mass is 327 g/mol. The first-order valence-corrected chi connectivity index (χ1v) is 8.01. The van der Waals surface area contributed by atoms with E-state index in [0.717, 1.165) is 17.2 Å². The number of methoxy groups -OCH3 is 1. The van der Waals surface area contributed by atoms with Crippen LogP contribution < -0.4 is 15.8 Å². The number of anilines is 1. The lowest BCUT2D eigenvalue weighted by Crippen LogP contribution is -2.45. The van der Waals surface area contributed by atoms with E-state index >= 15 is 0 Å². The van der Waals surface area contributed by atoms with Gasteiger partial charge >= 0.3 is 0 Å². The topological polar surface area (TPSA) is 84.7 Å². The van der Waals surface area contributed by atoms with Crippen LogP contribution in [0.1, 0.15) is 12.8 Å². The number of carbonyl (C=O) groups excluding carboxylic acids is 2. The Labute approximate surface area is 140 Å². The van der Waals surface area contributed by atoms with E-state index in [4.69, 9.17) is 10.5 Å². The Morgan fingerprint density at radius 1 is 1.33 bits per heavy atom. The van der Waals surface area contributed by atoms with Gasteiger partial charge in [-0.2, -0.15) is 0 Å². The van der Waals surface area contributed by atoms with Crippen molar-refractivity contribution in [2.75, 3.05) is 25.5 Å². The quantitative estimate of drug-likeness (QED) is 0.896. The molecule has 1 unspecified atom stereocenters. The first-order valence-electron chi connectivity index (χ1n) is 8.01. The van der Waals surface area contributed by atoms with Crippen molar-refractivity contribution in [3.05, 3.63) is 36.4 Å². The fourth-order valence-corrected chi connectivity index (χ4v) is 3.20. The molecule has 1 aliphatic heterocycles. The number of hydrogen-bond acceptors (Lipinski definition) is 4. The van der Waals surface area contributed by atoms with Gasteiger partial charge in [-0.1, -0.05) is 24.3 Å². The second kappa shape index (κ2) is 6.88. The van der Waals surface area contributed by atoms with Gasteiger partial charge in [0.15, 0.2) is 0 Å². The minimum absolute atomic E-state index is 0.0758. The highest BCUT2D eigenvalue weighted by molar-refractivity contribution is 6.00. The third kappa shape index (κ3) is 3.05. The van der Waals surface area contributed by atoms with Crippen molar-refractivity contribution in [3.63, 3.8) is 0 Å². The molecule has 1 fully saturated rings. The van der Waals surface area contributed by atoms with E-state index in [2.05, 4.69) is 5.32 Å². The van der Waals surface area contributed by atoms with Crippen LogP contribution in [0.2, 0.25) is 0 Å². The maximum Gasteiger partial charge on any atom is 0.247 e. The lowest BCUT2D eigenvalue weighted by molar-refractivity contribution is -0.135. The van der Waals surface area contributed by atoms with Crippen molar-refractivity contribution >= 4 is 28.3 Å². The molecule has 1 saturated heterocycles. The number of ether oxygens (including phenoxy) is 1. The molecule has 2 amide bonds. The van der Waals surface area contributed by atoms with Crippen LogP contribution in [-0.2, 0) is 9.59 Å². The summed E-state index contributed by atoms with van der Waals surface area (Å²) in [6.07, 6.45) is 1.47. The Morgan fingerprint density at radius 3 is 2.88 bits per heavy atom. The highest BCUT2D eigenvalue weighted by Gasteiger charge is 2.33. The van der Waals surface area contributed by atoms with Gasteiger partial charge in [-0.05, 0) is 24.3 Å². The average Bonchev–Trinajstić information content (AvgIpc) is 3.10. The van der Waals surface area contributed by atoms with Crippen LogP contribution in [0.25, 0.3) is 10.8 Å². The molecule has 24 heavy (non-hydrogen) atoms. The molecule has 1 aliphatic rings. The summed E-state index contributed by atoms with van der Waals surface area (Å²) >= 11 is 0. The molecule has 3 rings (SSSR count). The summed E-state index contributed by atoms with van der Waals surface area (Å²) in [7, 11) is 1.60. The standard InChI is InChI=1S/C18H21N3O3/c1-24-16-10-13(9-12-5-2-3-6-14(12)16)20-18(23)15-7-4-8-21(15)17(22)11-19/h2-3,5-6,9-10,15H,4,7-8,11,19H2,1H3,(H,20,23). The van der Waals surface area contributed by atoms with Crippen molar-refractivity contribution < 1.29 is 14.3 Å². The molecule has 6 heteroatoms. The Kier molecular flexibility index (Phi) is 4.66. The van der Waals surface area contributed by atoms with E-state index in [0.29, 0.717) is 24.4 Å². The van der Waals surface area contributed by atoms with Crippen LogP contribution in [0.15, 0.2) is 36.4 Å². The molecule has 0 spiro atoms. The Hall–Kier alpha value is -2.60. The predicted octanol–water partition coefficient (Wildman–Crippen LogP) is 1.74. The molecule has 0 aromatic heterocycles. The van der Waals surface area contributed by atoms with Crippen LogP contribution in [-0.4, -0.2) is 43.0 Å². The number of nitrogens with one attached hydrogen (secondary N) is 1. The van der Waals surface area contributed by atoms with Crippen molar-refractivity contribution in [2.45, 2.75) is 18.9 Å². The molecule has 3 N–H and O–H groups in total. The molecule has 0 saturated carbocycles. The van der Waals surface area contributed by atoms with Gasteiger partial charge < -0.3 is 20.7 Å². The van der Waals surface area contributed by atoms with E-state index in [1.165, 1.54) is 0 Å². The minimum Gasteiger partial charge on any atom is -0.496 e. The summed E-state index contributed by atoms with van der Waals surface area (Å²) in [5, 5.41) is 4.87. The summed E-state index contributed by atoms with van der Waals surface area (Å²) in [6, 6.07) is 11.1. The van der Waals surface area contributed by atoms with E-state index in [9.17, 15) is 9.59 Å². The summed E-state index contributed by atoms with van der Waals surface area (Å²) in [4.78, 5) is 26.0. The van der Waals surface area contributed by atoms with Crippen LogP contribution in [0.3, 0.4) is 0 Å². The SMILES string of the molecule is COc1cc(NC(=O)C2CCCN2C(=O)CN)cc2ccccc12. The molecule has 2 aromatic rings. The summed E-state index contributed by atoms with van der Waals surface area (Å²) in [6.45, 7) is 0.503. The maximum absolute atomic E-state index is 12.6. The molecular formula is C18H21N3O3. The van der Waals surface area contributed by atoms with E-state index < -0.39 is 6.04 Å². The highest BCUT2D eigenvalue weighted by atomic mass is 16.5. The number of carbonyl (C=O) groups is 2. The summed E-state index contributed by atoms with van der Waals surface area (Å²) < 4.78 is 5.42. The van der Waals surface area contributed by atoms with Crippen molar-refractivity contribution in [1.82, 2.24) is 4.90 Å². The number of rotatable bonds is 4. The molecule has 0 aliphatic carbocycles. The lowest BCUT2D eigenvalue weighted by Gasteiger charge is -2.23. The largest absolute Gasteiger partial charge is 0.496 e. The van der Waals surface area contributed by atoms with Gasteiger partial charge in [-0.15, -0.1) is 0 Å². The minimum atomic E-state index is -0.460. The van der Waals surface area contributed by atoms with E-state index in [-0.39, 0.29) is 18.4 Å². The first-order chi connectivity index (χ1) is 11.6. The number of likely N-dealkylation sites (tertiary alicyclic amines) is 1. The average molecular weight is 327 g/mol. The first kappa shape index (κ1) is 16.3. The zero-order chi connectivity index (χ0) is 17.1. The third-order valence-corrected chi connectivity index (χ3v) is 4.36. The number of nitrogens with zero attached hydrogens (tertiary/aromatic N) is 1. The normalized spacial score (nSPS) is 17.1. The molecule has 126 valence electrons. The van der Waals surface area contributed by atoms with Gasteiger partial charge in [0.05, 0.1) is 13.7 Å². The number of amides is 2. The van der Waals surface area contributed by atoms with Gasteiger partial charge in [0, 0.05) is 23.7 Å². The molecular weight excluding hydrogens is 306 g/mol. The molecule has 6 nitrogen and oxygen atoms in total. The van der Waals surface area contributed by atoms with Gasteiger partial charge in [0.25, 0.3) is 0 Å². The second-order valence-electron chi connectivity index (χ2n) is 5.84. The predicted molar refractivity (Wildman–Crippen MR) is 92.9 cm³/mol. The fourth-order valence-electron chi connectivity index (χ4n) is 3.20. The smallest absolute Gasteiger partial charge is 0.247 e. The zero-order valence-electron chi connectivity index (χ0n) is 13.6. The molecule has 1 atom stereocenters. The maximum atomic E-state index is 12.6. The fraction of sp³-hybridized carbons (Fsp3) is 0.333.